The fraction of sp³-hybridized carbons (Fsp3) is 0.591. The summed E-state index contributed by atoms with van der Waals surface area (Å²) in [7, 11) is 0. The van der Waals surface area contributed by atoms with Gasteiger partial charge in [0.15, 0.2) is 5.96 Å². The van der Waals surface area contributed by atoms with E-state index in [4.69, 9.17) is 4.74 Å². The second-order valence-electron chi connectivity index (χ2n) is 7.59. The summed E-state index contributed by atoms with van der Waals surface area (Å²) in [4.78, 5) is 33.4. The molecule has 2 fully saturated rings. The molecule has 0 bridgehead atoms. The third-order valence-electron chi connectivity index (χ3n) is 5.42. The Kier molecular flexibility index (Phi) is 8.07. The Morgan fingerprint density at radius 1 is 1.17 bits per heavy atom. The monoisotopic (exact) mass is 415 g/mol. The van der Waals surface area contributed by atoms with Crippen molar-refractivity contribution in [3.63, 3.8) is 0 Å². The van der Waals surface area contributed by atoms with Gasteiger partial charge >= 0.3 is 0 Å². The maximum atomic E-state index is 12.5. The van der Waals surface area contributed by atoms with Crippen LogP contribution >= 0.6 is 0 Å². The maximum absolute atomic E-state index is 12.5. The molecule has 0 radical (unpaired) electrons. The standard InChI is InChI=1S/C22H33N5O3/c1-3-17-7-5-8-18(15-17)25-20(28)16-24-22(23-4-2)27-12-10-26(11-13-27)21(29)19-9-6-14-30-19/h5,7-8,15,19H,3-4,6,9-14,16H2,1-2H3,(H,23,24)(H,25,28). The van der Waals surface area contributed by atoms with Crippen molar-refractivity contribution in [2.45, 2.75) is 39.2 Å². The molecule has 2 amide bonds. The van der Waals surface area contributed by atoms with Crippen LogP contribution in [0.3, 0.4) is 0 Å². The molecule has 1 unspecified atom stereocenters. The van der Waals surface area contributed by atoms with Gasteiger partial charge in [0, 0.05) is 45.0 Å². The van der Waals surface area contributed by atoms with Gasteiger partial charge < -0.3 is 25.2 Å². The summed E-state index contributed by atoms with van der Waals surface area (Å²) in [5.41, 5.74) is 1.97. The minimum atomic E-state index is -0.270. The van der Waals surface area contributed by atoms with Crippen molar-refractivity contribution in [2.75, 3.05) is 51.2 Å². The van der Waals surface area contributed by atoms with E-state index in [0.29, 0.717) is 45.3 Å². The van der Waals surface area contributed by atoms with Crippen molar-refractivity contribution in [3.8, 4) is 0 Å². The molecule has 0 aromatic heterocycles. The minimum Gasteiger partial charge on any atom is -0.368 e. The number of hydrogen-bond donors (Lipinski definition) is 2. The fourth-order valence-corrected chi connectivity index (χ4v) is 3.76. The molecule has 8 heteroatoms. The molecule has 2 aliphatic rings. The average molecular weight is 416 g/mol. The molecular formula is C22H33N5O3. The van der Waals surface area contributed by atoms with Crippen LogP contribution in [-0.2, 0) is 20.7 Å². The number of carbonyl (C=O) groups excluding carboxylic acids is 2. The van der Waals surface area contributed by atoms with Crippen LogP contribution in [0.2, 0.25) is 0 Å². The van der Waals surface area contributed by atoms with Gasteiger partial charge in [0.2, 0.25) is 5.91 Å². The summed E-state index contributed by atoms with van der Waals surface area (Å²) < 4.78 is 5.52. The van der Waals surface area contributed by atoms with Gasteiger partial charge in [-0.25, -0.2) is 4.99 Å². The third kappa shape index (κ3) is 5.95. The molecular weight excluding hydrogens is 382 g/mol. The largest absolute Gasteiger partial charge is 0.368 e. The summed E-state index contributed by atoms with van der Waals surface area (Å²) >= 11 is 0. The molecule has 0 aliphatic carbocycles. The van der Waals surface area contributed by atoms with Gasteiger partial charge in [-0.15, -0.1) is 0 Å². The molecule has 164 valence electrons. The molecule has 2 N–H and O–H groups in total. The summed E-state index contributed by atoms with van der Waals surface area (Å²) in [6.45, 7) is 8.18. The van der Waals surface area contributed by atoms with Crippen LogP contribution in [0.1, 0.15) is 32.3 Å². The van der Waals surface area contributed by atoms with Crippen molar-refractivity contribution in [2.24, 2.45) is 4.99 Å². The lowest BCUT2D eigenvalue weighted by Crippen LogP contribution is -2.55. The number of piperazine rings is 1. The second-order valence-corrected chi connectivity index (χ2v) is 7.59. The number of anilines is 1. The molecule has 0 saturated carbocycles. The molecule has 2 heterocycles. The topological polar surface area (TPSA) is 86.3 Å². The van der Waals surface area contributed by atoms with Crippen molar-refractivity contribution >= 4 is 23.5 Å². The highest BCUT2D eigenvalue weighted by atomic mass is 16.5. The minimum absolute atomic E-state index is 0.0494. The first-order chi connectivity index (χ1) is 14.6. The number of aliphatic imine (C=N–C) groups is 1. The van der Waals surface area contributed by atoms with Gasteiger partial charge in [-0.3, -0.25) is 9.59 Å². The maximum Gasteiger partial charge on any atom is 0.251 e. The fourth-order valence-electron chi connectivity index (χ4n) is 3.76. The Morgan fingerprint density at radius 2 is 1.93 bits per heavy atom. The Labute approximate surface area is 178 Å². The van der Waals surface area contributed by atoms with E-state index in [-0.39, 0.29) is 24.5 Å². The van der Waals surface area contributed by atoms with E-state index in [1.807, 2.05) is 36.1 Å². The van der Waals surface area contributed by atoms with Gasteiger partial charge in [-0.1, -0.05) is 19.1 Å². The zero-order valence-corrected chi connectivity index (χ0v) is 18.0. The smallest absolute Gasteiger partial charge is 0.251 e. The molecule has 3 rings (SSSR count). The lowest BCUT2D eigenvalue weighted by molar-refractivity contribution is -0.142. The van der Waals surface area contributed by atoms with E-state index < -0.39 is 0 Å². The number of guanidine groups is 1. The van der Waals surface area contributed by atoms with Gasteiger partial charge in [-0.2, -0.15) is 0 Å². The second kappa shape index (κ2) is 11.0. The van der Waals surface area contributed by atoms with Crippen molar-refractivity contribution in [1.29, 1.82) is 0 Å². The number of benzene rings is 1. The van der Waals surface area contributed by atoms with Gasteiger partial charge in [0.25, 0.3) is 5.91 Å². The highest BCUT2D eigenvalue weighted by Gasteiger charge is 2.30. The van der Waals surface area contributed by atoms with Crippen LogP contribution in [0.25, 0.3) is 0 Å². The van der Waals surface area contributed by atoms with E-state index in [1.54, 1.807) is 0 Å². The van der Waals surface area contributed by atoms with E-state index in [9.17, 15) is 9.59 Å². The lowest BCUT2D eigenvalue weighted by atomic mass is 10.1. The number of nitrogens with zero attached hydrogens (tertiary/aromatic N) is 3. The lowest BCUT2D eigenvalue weighted by Gasteiger charge is -2.37. The van der Waals surface area contributed by atoms with Crippen LogP contribution in [0.15, 0.2) is 29.3 Å². The van der Waals surface area contributed by atoms with Gasteiger partial charge in [0.05, 0.1) is 0 Å². The quantitative estimate of drug-likeness (QED) is 0.543. The summed E-state index contributed by atoms with van der Waals surface area (Å²) in [5, 5.41) is 6.17. The Morgan fingerprint density at radius 3 is 2.60 bits per heavy atom. The molecule has 1 aromatic carbocycles. The van der Waals surface area contributed by atoms with Crippen LogP contribution < -0.4 is 10.6 Å². The zero-order chi connectivity index (χ0) is 21.3. The molecule has 8 nitrogen and oxygen atoms in total. The Hall–Kier alpha value is -2.61. The summed E-state index contributed by atoms with van der Waals surface area (Å²) in [6.07, 6.45) is 2.43. The van der Waals surface area contributed by atoms with Crippen molar-refractivity contribution in [3.05, 3.63) is 29.8 Å². The molecule has 1 aromatic rings. The molecule has 2 aliphatic heterocycles. The van der Waals surface area contributed by atoms with Crippen LogP contribution in [0.5, 0.6) is 0 Å². The molecule has 1 atom stereocenters. The zero-order valence-electron chi connectivity index (χ0n) is 18.0. The number of ether oxygens (including phenoxy) is 1. The first-order valence-corrected chi connectivity index (χ1v) is 10.9. The number of rotatable bonds is 6. The molecule has 2 saturated heterocycles. The number of nitrogens with one attached hydrogen (secondary N) is 2. The van der Waals surface area contributed by atoms with E-state index in [1.165, 1.54) is 5.56 Å². The van der Waals surface area contributed by atoms with Crippen molar-refractivity contribution < 1.29 is 14.3 Å². The van der Waals surface area contributed by atoms with Crippen LogP contribution in [-0.4, -0.2) is 79.6 Å². The Bertz CT molecular complexity index is 753. The summed E-state index contributed by atoms with van der Waals surface area (Å²) in [5.74, 6) is 0.660. The van der Waals surface area contributed by atoms with E-state index in [0.717, 1.165) is 24.9 Å². The first kappa shape index (κ1) is 22.1. The summed E-state index contributed by atoms with van der Waals surface area (Å²) in [6, 6.07) is 7.85. The van der Waals surface area contributed by atoms with E-state index >= 15 is 0 Å². The third-order valence-corrected chi connectivity index (χ3v) is 5.42. The molecule has 0 spiro atoms. The highest BCUT2D eigenvalue weighted by Crippen LogP contribution is 2.16. The predicted octanol–water partition coefficient (Wildman–Crippen LogP) is 1.48. The number of hydrogen-bond acceptors (Lipinski definition) is 4. The van der Waals surface area contributed by atoms with Gasteiger partial charge in [-0.05, 0) is 43.9 Å². The number of carbonyl (C=O) groups is 2. The van der Waals surface area contributed by atoms with Gasteiger partial charge in [0.1, 0.15) is 12.6 Å². The molecule has 30 heavy (non-hydrogen) atoms. The van der Waals surface area contributed by atoms with Crippen LogP contribution in [0.4, 0.5) is 5.69 Å². The highest BCUT2D eigenvalue weighted by molar-refractivity contribution is 5.94. The SMILES string of the molecule is CCNC(=NCC(=O)Nc1cccc(CC)c1)N1CCN(C(=O)C2CCCO2)CC1. The normalized spacial score (nSPS) is 19.7. The predicted molar refractivity (Wildman–Crippen MR) is 118 cm³/mol. The van der Waals surface area contributed by atoms with Crippen LogP contribution in [0, 0.1) is 0 Å². The van der Waals surface area contributed by atoms with E-state index in [2.05, 4.69) is 27.4 Å². The average Bonchev–Trinajstić information content (AvgIpc) is 3.31. The first-order valence-electron chi connectivity index (χ1n) is 10.9. The number of aryl methyl sites for hydroxylation is 1. The Balaban J connectivity index is 1.52. The van der Waals surface area contributed by atoms with Crippen molar-refractivity contribution in [1.82, 2.24) is 15.1 Å². The number of amides is 2.